The summed E-state index contributed by atoms with van der Waals surface area (Å²) in [4.78, 5) is 29.3. The van der Waals surface area contributed by atoms with Crippen LogP contribution in [0, 0.1) is 0 Å². The predicted octanol–water partition coefficient (Wildman–Crippen LogP) is 3.08. The Morgan fingerprint density at radius 2 is 1.92 bits per heavy atom. The van der Waals surface area contributed by atoms with Crippen molar-refractivity contribution in [1.29, 1.82) is 0 Å². The molecule has 0 fully saturated rings. The molecule has 0 saturated carbocycles. The van der Waals surface area contributed by atoms with Gasteiger partial charge < -0.3 is 5.32 Å². The van der Waals surface area contributed by atoms with Crippen LogP contribution in [0.3, 0.4) is 0 Å². The Hall–Kier alpha value is -2.66. The maximum Gasteiger partial charge on any atom is 0.261 e. The van der Waals surface area contributed by atoms with Crippen molar-refractivity contribution in [2.45, 2.75) is 13.0 Å². The lowest BCUT2D eigenvalue weighted by Crippen LogP contribution is -2.32. The summed E-state index contributed by atoms with van der Waals surface area (Å²) in [5.41, 5.74) is 0.895. The first-order chi connectivity index (χ1) is 11.5. The van der Waals surface area contributed by atoms with E-state index in [1.54, 1.807) is 56.4 Å². The summed E-state index contributed by atoms with van der Waals surface area (Å²) < 4.78 is 1.45. The van der Waals surface area contributed by atoms with E-state index in [2.05, 4.69) is 10.3 Å². The van der Waals surface area contributed by atoms with Gasteiger partial charge in [0.15, 0.2) is 0 Å². The molecule has 2 aromatic carbocycles. The van der Waals surface area contributed by atoms with Gasteiger partial charge in [0.25, 0.3) is 11.5 Å². The first-order valence-corrected chi connectivity index (χ1v) is 7.87. The van der Waals surface area contributed by atoms with Crippen LogP contribution < -0.4 is 10.9 Å². The molecule has 1 atom stereocenters. The third-order valence-corrected chi connectivity index (χ3v) is 4.08. The highest BCUT2D eigenvalue weighted by atomic mass is 35.5. The maximum atomic E-state index is 12.5. The van der Waals surface area contributed by atoms with Crippen LogP contribution in [0.2, 0.25) is 5.02 Å². The van der Waals surface area contributed by atoms with E-state index in [4.69, 9.17) is 11.6 Å². The molecule has 1 aromatic heterocycles. The van der Waals surface area contributed by atoms with Crippen molar-refractivity contribution >= 4 is 28.4 Å². The van der Waals surface area contributed by atoms with Gasteiger partial charge in [0, 0.05) is 17.6 Å². The highest BCUT2D eigenvalue weighted by molar-refractivity contribution is 6.31. The Bertz CT molecular complexity index is 967. The van der Waals surface area contributed by atoms with E-state index >= 15 is 0 Å². The number of aromatic nitrogens is 2. The molecule has 0 aliphatic carbocycles. The van der Waals surface area contributed by atoms with E-state index in [-0.39, 0.29) is 11.5 Å². The number of nitrogens with zero attached hydrogens (tertiary/aromatic N) is 2. The molecular formula is C18H16ClN3O2. The fraction of sp³-hybridized carbons (Fsp3) is 0.167. The number of hydrogen-bond donors (Lipinski definition) is 1. The molecule has 6 heteroatoms. The topological polar surface area (TPSA) is 64.0 Å². The molecule has 0 unspecified atom stereocenters. The molecular weight excluding hydrogens is 326 g/mol. The Labute approximate surface area is 143 Å². The zero-order valence-corrected chi connectivity index (χ0v) is 14.0. The molecule has 0 spiro atoms. The number of nitrogens with one attached hydrogen (secondary N) is 1. The Balaban J connectivity index is 1.98. The third kappa shape index (κ3) is 3.03. The molecule has 3 rings (SSSR count). The van der Waals surface area contributed by atoms with Crippen molar-refractivity contribution < 1.29 is 4.79 Å². The molecule has 1 amide bonds. The quantitative estimate of drug-likeness (QED) is 0.796. The monoisotopic (exact) mass is 341 g/mol. The van der Waals surface area contributed by atoms with Crippen LogP contribution in [0.5, 0.6) is 0 Å². The SMILES string of the molecule is C[C@H](NC(=O)c1ccccc1)c1nc2cc(Cl)ccc2c(=O)n1C. The minimum Gasteiger partial charge on any atom is -0.342 e. The average molecular weight is 342 g/mol. The number of carbonyl (C=O) groups excluding carboxylic acids is 1. The number of benzene rings is 2. The van der Waals surface area contributed by atoms with Crippen molar-refractivity contribution in [3.05, 3.63) is 75.3 Å². The van der Waals surface area contributed by atoms with Crippen LogP contribution in [-0.4, -0.2) is 15.5 Å². The van der Waals surface area contributed by atoms with Gasteiger partial charge in [0.1, 0.15) is 5.82 Å². The fourth-order valence-corrected chi connectivity index (χ4v) is 2.75. The zero-order chi connectivity index (χ0) is 17.3. The second kappa shape index (κ2) is 6.45. The summed E-state index contributed by atoms with van der Waals surface area (Å²) in [6.45, 7) is 1.79. The summed E-state index contributed by atoms with van der Waals surface area (Å²) >= 11 is 5.99. The molecule has 1 N–H and O–H groups in total. The standard InChI is InChI=1S/C18H16ClN3O2/c1-11(20-17(23)12-6-4-3-5-7-12)16-21-15-10-13(19)8-9-14(15)18(24)22(16)2/h3-11H,1-2H3,(H,20,23)/t11-/m0/s1. The van der Waals surface area contributed by atoms with Gasteiger partial charge in [-0.1, -0.05) is 29.8 Å². The second-order valence-electron chi connectivity index (χ2n) is 5.56. The van der Waals surface area contributed by atoms with E-state index in [9.17, 15) is 9.59 Å². The molecule has 0 aliphatic heterocycles. The number of halogens is 1. The van der Waals surface area contributed by atoms with Gasteiger partial charge in [-0.25, -0.2) is 4.98 Å². The minimum atomic E-state index is -0.432. The summed E-state index contributed by atoms with van der Waals surface area (Å²) in [5, 5.41) is 3.87. The van der Waals surface area contributed by atoms with Gasteiger partial charge in [-0.2, -0.15) is 0 Å². The highest BCUT2D eigenvalue weighted by Gasteiger charge is 2.17. The lowest BCUT2D eigenvalue weighted by Gasteiger charge is -2.17. The predicted molar refractivity (Wildman–Crippen MR) is 94.3 cm³/mol. The van der Waals surface area contributed by atoms with Crippen LogP contribution in [0.25, 0.3) is 10.9 Å². The summed E-state index contributed by atoms with van der Waals surface area (Å²) in [5.74, 6) is 0.252. The number of hydrogen-bond acceptors (Lipinski definition) is 3. The highest BCUT2D eigenvalue weighted by Crippen LogP contribution is 2.17. The summed E-state index contributed by atoms with van der Waals surface area (Å²) in [6, 6.07) is 13.4. The van der Waals surface area contributed by atoms with E-state index in [1.165, 1.54) is 4.57 Å². The Kier molecular flexibility index (Phi) is 4.36. The first kappa shape index (κ1) is 16.2. The van der Waals surface area contributed by atoms with Crippen LogP contribution in [0.1, 0.15) is 29.1 Å². The molecule has 3 aromatic rings. The third-order valence-electron chi connectivity index (χ3n) is 3.84. The molecule has 0 radical (unpaired) electrons. The first-order valence-electron chi connectivity index (χ1n) is 7.49. The van der Waals surface area contributed by atoms with Gasteiger partial charge in [-0.3, -0.25) is 14.2 Å². The molecule has 0 saturated heterocycles. The summed E-state index contributed by atoms with van der Waals surface area (Å²) in [6.07, 6.45) is 0. The lowest BCUT2D eigenvalue weighted by molar-refractivity contribution is 0.0937. The van der Waals surface area contributed by atoms with Crippen molar-refractivity contribution in [2.75, 3.05) is 0 Å². The van der Waals surface area contributed by atoms with E-state index in [0.29, 0.717) is 27.3 Å². The van der Waals surface area contributed by atoms with E-state index < -0.39 is 6.04 Å². The van der Waals surface area contributed by atoms with Gasteiger partial charge in [-0.05, 0) is 37.3 Å². The maximum absolute atomic E-state index is 12.5. The second-order valence-corrected chi connectivity index (χ2v) is 5.99. The van der Waals surface area contributed by atoms with Crippen molar-refractivity contribution in [1.82, 2.24) is 14.9 Å². The molecule has 122 valence electrons. The Morgan fingerprint density at radius 3 is 2.62 bits per heavy atom. The normalized spacial score (nSPS) is 12.1. The number of carbonyl (C=O) groups is 1. The summed E-state index contributed by atoms with van der Waals surface area (Å²) in [7, 11) is 1.64. The fourth-order valence-electron chi connectivity index (χ4n) is 2.58. The molecule has 1 heterocycles. The van der Waals surface area contributed by atoms with Crippen LogP contribution >= 0.6 is 11.6 Å². The smallest absolute Gasteiger partial charge is 0.261 e. The van der Waals surface area contributed by atoms with Gasteiger partial charge in [0.05, 0.1) is 16.9 Å². The molecule has 5 nitrogen and oxygen atoms in total. The largest absolute Gasteiger partial charge is 0.342 e. The van der Waals surface area contributed by atoms with E-state index in [1.807, 2.05) is 6.07 Å². The van der Waals surface area contributed by atoms with Crippen LogP contribution in [0.15, 0.2) is 53.3 Å². The van der Waals surface area contributed by atoms with Crippen molar-refractivity contribution in [3.8, 4) is 0 Å². The average Bonchev–Trinajstić information content (AvgIpc) is 2.58. The van der Waals surface area contributed by atoms with Gasteiger partial charge in [0.2, 0.25) is 0 Å². The van der Waals surface area contributed by atoms with Gasteiger partial charge in [-0.15, -0.1) is 0 Å². The van der Waals surface area contributed by atoms with Crippen LogP contribution in [-0.2, 0) is 7.05 Å². The van der Waals surface area contributed by atoms with E-state index in [0.717, 1.165) is 0 Å². The number of amides is 1. The number of fused-ring (bicyclic) bond motifs is 1. The number of rotatable bonds is 3. The van der Waals surface area contributed by atoms with Gasteiger partial charge >= 0.3 is 0 Å². The zero-order valence-electron chi connectivity index (χ0n) is 13.3. The lowest BCUT2D eigenvalue weighted by atomic mass is 10.2. The van der Waals surface area contributed by atoms with Crippen molar-refractivity contribution in [3.63, 3.8) is 0 Å². The molecule has 0 aliphatic rings. The molecule has 24 heavy (non-hydrogen) atoms. The molecule has 0 bridgehead atoms. The van der Waals surface area contributed by atoms with Crippen LogP contribution in [0.4, 0.5) is 0 Å². The van der Waals surface area contributed by atoms with Crippen molar-refractivity contribution in [2.24, 2.45) is 7.05 Å². The minimum absolute atomic E-state index is 0.174. The Morgan fingerprint density at radius 1 is 1.21 bits per heavy atom.